The van der Waals surface area contributed by atoms with Gasteiger partial charge in [-0.15, -0.1) is 0 Å². The molecule has 4 heteroatoms. The van der Waals surface area contributed by atoms with Gasteiger partial charge in [-0.25, -0.2) is 0 Å². The second-order valence-electron chi connectivity index (χ2n) is 4.74. The van der Waals surface area contributed by atoms with Gasteiger partial charge in [0.1, 0.15) is 0 Å². The van der Waals surface area contributed by atoms with Crippen LogP contribution in [0.2, 0.25) is 5.02 Å². The largest absolute Gasteiger partial charge is 0.310 e. The number of nitrogens with one attached hydrogen (secondary N) is 1. The third kappa shape index (κ3) is 3.81. The summed E-state index contributed by atoms with van der Waals surface area (Å²) >= 11 is 9.65. The Morgan fingerprint density at radius 2 is 2.10 bits per heavy atom. The predicted molar refractivity (Wildman–Crippen MR) is 88.2 cm³/mol. The molecular formula is C16H18BrClN2. The minimum absolute atomic E-state index is 0.229. The van der Waals surface area contributed by atoms with Gasteiger partial charge in [-0.05, 0) is 58.7 Å². The van der Waals surface area contributed by atoms with Crippen LogP contribution in [0, 0.1) is 6.92 Å². The van der Waals surface area contributed by atoms with E-state index in [9.17, 15) is 0 Å². The predicted octanol–water partition coefficient (Wildman–Crippen LogP) is 4.70. The molecule has 0 radical (unpaired) electrons. The highest BCUT2D eigenvalue weighted by molar-refractivity contribution is 9.10. The third-order valence-electron chi connectivity index (χ3n) is 3.34. The van der Waals surface area contributed by atoms with Gasteiger partial charge in [-0.3, -0.25) is 4.98 Å². The molecule has 1 aromatic carbocycles. The van der Waals surface area contributed by atoms with E-state index in [4.69, 9.17) is 11.6 Å². The Labute approximate surface area is 133 Å². The summed E-state index contributed by atoms with van der Waals surface area (Å²) in [4.78, 5) is 4.46. The van der Waals surface area contributed by atoms with Crippen LogP contribution in [0.3, 0.4) is 0 Å². The molecule has 0 spiro atoms. The Bertz CT molecular complexity index is 569. The van der Waals surface area contributed by atoms with Gasteiger partial charge in [0.05, 0.1) is 0 Å². The summed E-state index contributed by atoms with van der Waals surface area (Å²) in [5.41, 5.74) is 3.44. The Kier molecular flexibility index (Phi) is 5.58. The quantitative estimate of drug-likeness (QED) is 0.843. The fourth-order valence-electron chi connectivity index (χ4n) is 2.28. The molecule has 0 saturated heterocycles. The van der Waals surface area contributed by atoms with E-state index >= 15 is 0 Å². The van der Waals surface area contributed by atoms with Crippen molar-refractivity contribution in [3.8, 4) is 0 Å². The molecule has 1 heterocycles. The zero-order valence-electron chi connectivity index (χ0n) is 11.7. The fourth-order valence-corrected chi connectivity index (χ4v) is 2.69. The Hall–Kier alpha value is -0.900. The van der Waals surface area contributed by atoms with Crippen LogP contribution in [-0.4, -0.2) is 11.5 Å². The molecule has 0 aliphatic carbocycles. The molecule has 2 rings (SSSR count). The zero-order chi connectivity index (χ0) is 14.5. The first-order chi connectivity index (χ1) is 9.61. The maximum atomic E-state index is 6.23. The molecule has 106 valence electrons. The van der Waals surface area contributed by atoms with E-state index in [1.165, 1.54) is 5.56 Å². The van der Waals surface area contributed by atoms with Crippen LogP contribution in [0.15, 0.2) is 41.0 Å². The van der Waals surface area contributed by atoms with E-state index in [1.807, 2.05) is 30.5 Å². The lowest BCUT2D eigenvalue weighted by atomic mass is 9.97. The van der Waals surface area contributed by atoms with Crippen LogP contribution >= 0.6 is 27.5 Å². The normalized spacial score (nSPS) is 12.4. The first-order valence-corrected chi connectivity index (χ1v) is 7.87. The average Bonchev–Trinajstić information content (AvgIpc) is 2.44. The number of aromatic nitrogens is 1. The van der Waals surface area contributed by atoms with E-state index < -0.39 is 0 Å². The second kappa shape index (κ2) is 7.21. The van der Waals surface area contributed by atoms with Crippen molar-refractivity contribution in [3.05, 3.63) is 62.8 Å². The number of halogens is 2. The summed E-state index contributed by atoms with van der Waals surface area (Å²) in [5.74, 6) is 0. The minimum Gasteiger partial charge on any atom is -0.310 e. The maximum Gasteiger partial charge on any atom is 0.0438 e. The number of nitrogens with zero attached hydrogens (tertiary/aromatic N) is 1. The number of hydrogen-bond donors (Lipinski definition) is 1. The lowest BCUT2D eigenvalue weighted by Crippen LogP contribution is -2.24. The van der Waals surface area contributed by atoms with Crippen molar-refractivity contribution < 1.29 is 0 Å². The first kappa shape index (κ1) is 15.5. The molecule has 2 nitrogen and oxygen atoms in total. The highest BCUT2D eigenvalue weighted by atomic mass is 79.9. The summed E-state index contributed by atoms with van der Waals surface area (Å²) in [6.45, 7) is 5.09. The molecule has 0 fully saturated rings. The Morgan fingerprint density at radius 1 is 1.30 bits per heavy atom. The van der Waals surface area contributed by atoms with Gasteiger partial charge >= 0.3 is 0 Å². The van der Waals surface area contributed by atoms with Crippen molar-refractivity contribution in [2.24, 2.45) is 0 Å². The van der Waals surface area contributed by atoms with Gasteiger partial charge in [0.15, 0.2) is 0 Å². The van der Waals surface area contributed by atoms with Crippen LogP contribution in [0.25, 0.3) is 0 Å². The second-order valence-corrected chi connectivity index (χ2v) is 6.06. The molecule has 0 saturated carbocycles. The highest BCUT2D eigenvalue weighted by Gasteiger charge is 2.15. The lowest BCUT2D eigenvalue weighted by Gasteiger charge is -2.20. The smallest absolute Gasteiger partial charge is 0.0438 e. The van der Waals surface area contributed by atoms with Crippen LogP contribution < -0.4 is 5.32 Å². The number of benzene rings is 1. The van der Waals surface area contributed by atoms with Gasteiger partial charge in [0.2, 0.25) is 0 Å². The van der Waals surface area contributed by atoms with E-state index in [0.29, 0.717) is 0 Å². The van der Waals surface area contributed by atoms with Gasteiger partial charge in [0.25, 0.3) is 0 Å². The SMILES string of the molecule is CCNC(Cc1ccc(Br)cn1)c1cccc(Cl)c1C. The van der Waals surface area contributed by atoms with E-state index in [2.05, 4.69) is 46.1 Å². The fraction of sp³-hybridized carbons (Fsp3) is 0.312. The molecule has 2 aromatic rings. The van der Waals surface area contributed by atoms with Crippen LogP contribution in [0.5, 0.6) is 0 Å². The summed E-state index contributed by atoms with van der Waals surface area (Å²) in [6.07, 6.45) is 2.69. The van der Waals surface area contributed by atoms with Crippen LogP contribution in [0.4, 0.5) is 0 Å². The topological polar surface area (TPSA) is 24.9 Å². The lowest BCUT2D eigenvalue weighted by molar-refractivity contribution is 0.541. The summed E-state index contributed by atoms with van der Waals surface area (Å²) in [7, 11) is 0. The highest BCUT2D eigenvalue weighted by Crippen LogP contribution is 2.26. The maximum absolute atomic E-state index is 6.23. The van der Waals surface area contributed by atoms with E-state index in [-0.39, 0.29) is 6.04 Å². The molecule has 1 unspecified atom stereocenters. The number of rotatable bonds is 5. The van der Waals surface area contributed by atoms with Gasteiger partial charge in [0, 0.05) is 33.8 Å². The summed E-state index contributed by atoms with van der Waals surface area (Å²) in [6, 6.07) is 10.4. The number of pyridine rings is 1. The standard InChI is InChI=1S/C16H18BrClN2/c1-3-19-16(9-13-8-7-12(17)10-20-13)14-5-4-6-15(18)11(14)2/h4-8,10,16,19H,3,9H2,1-2H3. The van der Waals surface area contributed by atoms with E-state index in [1.54, 1.807) is 0 Å². The monoisotopic (exact) mass is 352 g/mol. The van der Waals surface area contributed by atoms with Gasteiger partial charge in [-0.1, -0.05) is 30.7 Å². The number of likely N-dealkylation sites (N-methyl/N-ethyl adjacent to an activating group) is 1. The van der Waals surface area contributed by atoms with E-state index in [0.717, 1.165) is 33.7 Å². The molecule has 0 aliphatic heterocycles. The number of hydrogen-bond acceptors (Lipinski definition) is 2. The molecule has 1 atom stereocenters. The molecule has 0 aliphatic rings. The van der Waals surface area contributed by atoms with Crippen LogP contribution in [0.1, 0.15) is 29.8 Å². The van der Waals surface area contributed by atoms with Crippen molar-refractivity contribution in [1.29, 1.82) is 0 Å². The zero-order valence-corrected chi connectivity index (χ0v) is 14.0. The van der Waals surface area contributed by atoms with Crippen molar-refractivity contribution in [2.45, 2.75) is 26.3 Å². The molecule has 20 heavy (non-hydrogen) atoms. The molecule has 0 bridgehead atoms. The van der Waals surface area contributed by atoms with Crippen LogP contribution in [-0.2, 0) is 6.42 Å². The molecule has 0 amide bonds. The van der Waals surface area contributed by atoms with Crippen molar-refractivity contribution >= 4 is 27.5 Å². The molecule has 1 N–H and O–H groups in total. The first-order valence-electron chi connectivity index (χ1n) is 6.70. The third-order valence-corrected chi connectivity index (χ3v) is 4.22. The molecular weight excluding hydrogens is 336 g/mol. The van der Waals surface area contributed by atoms with Crippen molar-refractivity contribution in [2.75, 3.05) is 6.54 Å². The Balaban J connectivity index is 2.26. The molecule has 1 aromatic heterocycles. The summed E-state index contributed by atoms with van der Waals surface area (Å²) < 4.78 is 1.00. The average molecular weight is 354 g/mol. The van der Waals surface area contributed by atoms with Crippen molar-refractivity contribution in [3.63, 3.8) is 0 Å². The Morgan fingerprint density at radius 3 is 2.75 bits per heavy atom. The van der Waals surface area contributed by atoms with Gasteiger partial charge < -0.3 is 5.32 Å². The minimum atomic E-state index is 0.229. The van der Waals surface area contributed by atoms with Crippen molar-refractivity contribution in [1.82, 2.24) is 10.3 Å². The summed E-state index contributed by atoms with van der Waals surface area (Å²) in [5, 5.41) is 4.33. The van der Waals surface area contributed by atoms with Gasteiger partial charge in [-0.2, -0.15) is 0 Å².